The number of urea groups is 1. The van der Waals surface area contributed by atoms with Gasteiger partial charge in [0.2, 0.25) is 5.91 Å². The summed E-state index contributed by atoms with van der Waals surface area (Å²) in [5.41, 5.74) is 2.75. The summed E-state index contributed by atoms with van der Waals surface area (Å²) >= 11 is 1.09. The zero-order valence-electron chi connectivity index (χ0n) is 24.1. The Morgan fingerprint density at radius 1 is 1.13 bits per heavy atom. The third kappa shape index (κ3) is 7.49. The van der Waals surface area contributed by atoms with Crippen LogP contribution in [0.2, 0.25) is 0 Å². The van der Waals surface area contributed by atoms with Gasteiger partial charge in [0.15, 0.2) is 11.0 Å². The van der Waals surface area contributed by atoms with Gasteiger partial charge in [-0.3, -0.25) is 9.69 Å². The molecule has 5 rings (SSSR count). The van der Waals surface area contributed by atoms with Gasteiger partial charge in [-0.15, -0.1) is 18.3 Å². The van der Waals surface area contributed by atoms with Crippen molar-refractivity contribution in [2.75, 3.05) is 22.6 Å². The number of aromatic nitrogens is 3. The summed E-state index contributed by atoms with van der Waals surface area (Å²) < 4.78 is 63.2. The molecule has 45 heavy (non-hydrogen) atoms. The topological polar surface area (TPSA) is 111 Å². The molecule has 1 aromatic heterocycles. The maximum atomic E-state index is 15.1. The second-order valence-electron chi connectivity index (χ2n) is 9.75. The number of hydrogen-bond acceptors (Lipinski definition) is 7. The van der Waals surface area contributed by atoms with Crippen molar-refractivity contribution in [1.29, 1.82) is 0 Å². The Labute approximate surface area is 259 Å². The van der Waals surface area contributed by atoms with Crippen molar-refractivity contribution < 1.29 is 36.6 Å². The summed E-state index contributed by atoms with van der Waals surface area (Å²) in [6.07, 6.45) is -3.81. The highest BCUT2D eigenvalue weighted by Crippen LogP contribution is 2.35. The van der Waals surface area contributed by atoms with E-state index in [0.29, 0.717) is 18.0 Å². The third-order valence-electron chi connectivity index (χ3n) is 6.54. The number of halogens is 4. The van der Waals surface area contributed by atoms with Crippen LogP contribution in [0.4, 0.5) is 33.7 Å². The Kier molecular flexibility index (Phi) is 9.20. The lowest BCUT2D eigenvalue weighted by atomic mass is 10.0. The van der Waals surface area contributed by atoms with Crippen molar-refractivity contribution in [3.05, 3.63) is 83.9 Å². The largest absolute Gasteiger partial charge is 0.573 e. The summed E-state index contributed by atoms with van der Waals surface area (Å²) in [5, 5.41) is 6.81. The lowest BCUT2D eigenvalue weighted by molar-refractivity contribution is -0.274. The van der Waals surface area contributed by atoms with Crippen LogP contribution in [0.15, 0.2) is 72.0 Å². The number of alkyl halides is 3. The van der Waals surface area contributed by atoms with Gasteiger partial charge in [0.05, 0.1) is 28.9 Å². The molecule has 1 saturated heterocycles. The van der Waals surface area contributed by atoms with Gasteiger partial charge in [0, 0.05) is 17.7 Å². The number of rotatable bonds is 8. The lowest BCUT2D eigenvalue weighted by Crippen LogP contribution is -2.31. The number of ether oxygens (including phenoxy) is 2. The molecule has 10 nitrogen and oxygen atoms in total. The first-order valence-electron chi connectivity index (χ1n) is 13.6. The number of benzene rings is 3. The molecule has 1 aliphatic rings. The molecule has 2 heterocycles. The minimum Gasteiger partial charge on any atom is -0.406 e. The second kappa shape index (κ2) is 13.1. The number of amidine groups is 1. The Bertz CT molecular complexity index is 1760. The van der Waals surface area contributed by atoms with E-state index in [4.69, 9.17) is 4.74 Å². The highest BCUT2D eigenvalue weighted by atomic mass is 32.2. The number of carbonyl (C=O) groups is 2. The van der Waals surface area contributed by atoms with Crippen LogP contribution in [-0.2, 0) is 9.53 Å². The number of anilines is 2. The standard InChI is InChI=1S/C30H26F4N6O4S/c1-4-43-18(3)22-11-5-17(2)13-25(22)40-26(41)15-45-29(40)37-28(42)36-24-12-6-19(14-23(24)31)27-35-16-39(38-27)20-7-9-21(10-8-20)44-30(32,33)34/h5-14,16,18H,4,15H2,1-3H3,(H,36,42). The molecular weight excluding hydrogens is 616 g/mol. The van der Waals surface area contributed by atoms with Crippen molar-refractivity contribution in [3.63, 3.8) is 0 Å². The average Bonchev–Trinajstić information content (AvgIpc) is 3.61. The highest BCUT2D eigenvalue weighted by Gasteiger charge is 2.33. The van der Waals surface area contributed by atoms with Crippen LogP contribution < -0.4 is 15.0 Å². The fraction of sp³-hybridized carbons (Fsp3) is 0.233. The molecule has 4 aromatic rings. The van der Waals surface area contributed by atoms with Crippen LogP contribution in [0.5, 0.6) is 5.75 Å². The highest BCUT2D eigenvalue weighted by molar-refractivity contribution is 8.15. The monoisotopic (exact) mass is 642 g/mol. The smallest absolute Gasteiger partial charge is 0.406 e. The normalized spacial score (nSPS) is 15.0. The molecule has 234 valence electrons. The molecule has 1 atom stereocenters. The van der Waals surface area contributed by atoms with E-state index in [-0.39, 0.29) is 40.0 Å². The zero-order chi connectivity index (χ0) is 32.3. The Hall–Kier alpha value is -4.76. The fourth-order valence-electron chi connectivity index (χ4n) is 4.52. The molecular formula is C30H26F4N6O4S. The second-order valence-corrected chi connectivity index (χ2v) is 10.7. The van der Waals surface area contributed by atoms with Crippen LogP contribution >= 0.6 is 11.8 Å². The number of carbonyl (C=O) groups excluding carboxylic acids is 2. The predicted octanol–water partition coefficient (Wildman–Crippen LogP) is 7.05. The first-order valence-corrected chi connectivity index (χ1v) is 14.6. The molecule has 3 aromatic carbocycles. The molecule has 1 unspecified atom stereocenters. The summed E-state index contributed by atoms with van der Waals surface area (Å²) in [6, 6.07) is 13.6. The Balaban J connectivity index is 1.31. The molecule has 0 bridgehead atoms. The van der Waals surface area contributed by atoms with E-state index in [9.17, 15) is 22.8 Å². The number of thioether (sulfide) groups is 1. The van der Waals surface area contributed by atoms with E-state index in [0.717, 1.165) is 41.1 Å². The fourth-order valence-corrected chi connectivity index (χ4v) is 5.38. The average molecular weight is 643 g/mol. The zero-order valence-corrected chi connectivity index (χ0v) is 24.9. The van der Waals surface area contributed by atoms with E-state index in [1.165, 1.54) is 40.2 Å². The number of aliphatic imine (C=N–C) groups is 1. The first kappa shape index (κ1) is 31.7. The van der Waals surface area contributed by atoms with Crippen molar-refractivity contribution in [1.82, 2.24) is 14.8 Å². The minimum absolute atomic E-state index is 0.0801. The molecule has 15 heteroatoms. The van der Waals surface area contributed by atoms with Gasteiger partial charge in [0.25, 0.3) is 0 Å². The van der Waals surface area contributed by atoms with E-state index in [2.05, 4.69) is 25.1 Å². The van der Waals surface area contributed by atoms with Crippen molar-refractivity contribution >= 4 is 40.2 Å². The third-order valence-corrected chi connectivity index (χ3v) is 7.46. The van der Waals surface area contributed by atoms with Crippen molar-refractivity contribution in [2.45, 2.75) is 33.2 Å². The maximum absolute atomic E-state index is 15.1. The molecule has 0 spiro atoms. The summed E-state index contributed by atoms with van der Waals surface area (Å²) in [6.45, 7) is 6.10. The summed E-state index contributed by atoms with van der Waals surface area (Å²) in [5.74, 6) is -1.22. The number of nitrogens with one attached hydrogen (secondary N) is 1. The molecule has 0 aliphatic carbocycles. The van der Waals surface area contributed by atoms with E-state index in [1.807, 2.05) is 39.0 Å². The van der Waals surface area contributed by atoms with Crippen LogP contribution in [-0.4, -0.2) is 50.6 Å². The van der Waals surface area contributed by atoms with Crippen LogP contribution in [0.25, 0.3) is 17.1 Å². The van der Waals surface area contributed by atoms with Gasteiger partial charge in [0.1, 0.15) is 17.9 Å². The maximum Gasteiger partial charge on any atom is 0.573 e. The molecule has 1 aliphatic heterocycles. The number of hydrogen-bond donors (Lipinski definition) is 1. The summed E-state index contributed by atoms with van der Waals surface area (Å²) in [4.78, 5) is 35.3. The molecule has 0 saturated carbocycles. The van der Waals surface area contributed by atoms with Gasteiger partial charge in [-0.25, -0.2) is 18.9 Å². The van der Waals surface area contributed by atoms with Crippen molar-refractivity contribution in [3.8, 4) is 22.8 Å². The minimum atomic E-state index is -4.81. The number of amides is 3. The van der Waals surface area contributed by atoms with Crippen LogP contribution in [0.1, 0.15) is 31.1 Å². The predicted molar refractivity (Wildman–Crippen MR) is 161 cm³/mol. The van der Waals surface area contributed by atoms with Gasteiger partial charge in [-0.05, 0) is 74.9 Å². The van der Waals surface area contributed by atoms with Gasteiger partial charge >= 0.3 is 12.4 Å². The SMILES string of the molecule is CCOC(C)c1ccc(C)cc1N1C(=O)CSC1=NC(=O)Nc1ccc(-c2ncn(-c3ccc(OC(F)(F)F)cc3)n2)cc1F. The Morgan fingerprint density at radius 2 is 1.89 bits per heavy atom. The summed E-state index contributed by atoms with van der Waals surface area (Å²) in [7, 11) is 0. The Morgan fingerprint density at radius 3 is 2.58 bits per heavy atom. The number of nitrogens with zero attached hydrogens (tertiary/aromatic N) is 5. The number of aryl methyl sites for hydroxylation is 1. The van der Waals surface area contributed by atoms with Gasteiger partial charge < -0.3 is 14.8 Å². The first-order chi connectivity index (χ1) is 21.4. The molecule has 1 N–H and O–H groups in total. The quantitative estimate of drug-likeness (QED) is 0.205. The molecule has 3 amide bonds. The van der Waals surface area contributed by atoms with Crippen LogP contribution in [0.3, 0.4) is 0 Å². The van der Waals surface area contributed by atoms with Gasteiger partial charge in [-0.1, -0.05) is 23.9 Å². The van der Waals surface area contributed by atoms with E-state index < -0.39 is 24.0 Å². The molecule has 1 fully saturated rings. The van der Waals surface area contributed by atoms with E-state index in [1.54, 1.807) is 0 Å². The van der Waals surface area contributed by atoms with Crippen molar-refractivity contribution in [2.24, 2.45) is 4.99 Å². The van der Waals surface area contributed by atoms with Gasteiger partial charge in [-0.2, -0.15) is 4.99 Å². The lowest BCUT2D eigenvalue weighted by Gasteiger charge is -2.23. The van der Waals surface area contributed by atoms with Crippen LogP contribution in [0, 0.1) is 12.7 Å². The van der Waals surface area contributed by atoms with E-state index >= 15 is 4.39 Å². The molecule has 0 radical (unpaired) electrons.